The first-order valence-electron chi connectivity index (χ1n) is 6.31. The van der Waals surface area contributed by atoms with Gasteiger partial charge in [-0.15, -0.1) is 5.75 Å². The summed E-state index contributed by atoms with van der Waals surface area (Å²) in [7, 11) is 0. The van der Waals surface area contributed by atoms with Gasteiger partial charge in [-0.1, -0.05) is 18.2 Å². The Hall–Kier alpha value is -2.82. The van der Waals surface area contributed by atoms with Crippen molar-refractivity contribution >= 4 is 17.6 Å². The van der Waals surface area contributed by atoms with Crippen LogP contribution in [0.25, 0.3) is 0 Å². The van der Waals surface area contributed by atoms with Gasteiger partial charge in [0.1, 0.15) is 0 Å². The van der Waals surface area contributed by atoms with E-state index in [0.717, 1.165) is 17.2 Å². The number of benzene rings is 2. The van der Waals surface area contributed by atoms with Crippen molar-refractivity contribution in [3.05, 3.63) is 58.7 Å². The number of hydrogen-bond donors (Lipinski definition) is 2. The van der Waals surface area contributed by atoms with Crippen molar-refractivity contribution in [1.82, 2.24) is 0 Å². The molecule has 0 aliphatic rings. The van der Waals surface area contributed by atoms with Crippen LogP contribution in [0.5, 0.6) is 5.75 Å². The number of carboxylic acid groups (broad SMARTS) is 1. The predicted octanol–water partition coefficient (Wildman–Crippen LogP) is 2.33. The molecular weight excluding hydrogens is 270 g/mol. The molecule has 0 radical (unpaired) electrons. The maximum Gasteiger partial charge on any atom is 0.337 e. The number of nitrogens with one attached hydrogen (secondary N) is 1. The fourth-order valence-corrected chi connectivity index (χ4v) is 1.89. The van der Waals surface area contributed by atoms with Crippen LogP contribution in [-0.2, 0) is 0 Å². The van der Waals surface area contributed by atoms with Crippen molar-refractivity contribution in [2.24, 2.45) is 0 Å². The summed E-state index contributed by atoms with van der Waals surface area (Å²) < 4.78 is 0. The number of rotatable bonds is 3. The van der Waals surface area contributed by atoms with Crippen LogP contribution in [0.2, 0.25) is 0 Å². The molecule has 5 nitrogen and oxygen atoms in total. The highest BCUT2D eigenvalue weighted by Gasteiger charge is 2.13. The molecule has 0 saturated heterocycles. The minimum absolute atomic E-state index is 0.102. The number of carboxylic acids is 1. The van der Waals surface area contributed by atoms with E-state index in [1.54, 1.807) is 12.1 Å². The van der Waals surface area contributed by atoms with E-state index in [1.165, 1.54) is 12.1 Å². The summed E-state index contributed by atoms with van der Waals surface area (Å²) in [6.07, 6.45) is 0. The lowest BCUT2D eigenvalue weighted by Gasteiger charge is -2.12. The second kappa shape index (κ2) is 5.66. The van der Waals surface area contributed by atoms with E-state index in [9.17, 15) is 14.7 Å². The van der Waals surface area contributed by atoms with E-state index in [0.29, 0.717) is 5.56 Å². The van der Waals surface area contributed by atoms with Crippen molar-refractivity contribution in [2.45, 2.75) is 13.8 Å². The summed E-state index contributed by atoms with van der Waals surface area (Å²) >= 11 is 0. The molecule has 2 N–H and O–H groups in total. The summed E-state index contributed by atoms with van der Waals surface area (Å²) in [6, 6.07) is 8.71. The molecule has 1 amide bonds. The molecule has 0 aliphatic heterocycles. The molecule has 0 atom stereocenters. The van der Waals surface area contributed by atoms with Gasteiger partial charge in [-0.05, 0) is 43.2 Å². The SMILES string of the molecule is Cc1ccc(C(=O)Nc2ccc([O-])cc2C(=O)O)cc1C. The van der Waals surface area contributed by atoms with Crippen molar-refractivity contribution in [1.29, 1.82) is 0 Å². The number of carbonyl (C=O) groups excluding carboxylic acids is 1. The van der Waals surface area contributed by atoms with Gasteiger partial charge < -0.3 is 15.5 Å². The van der Waals surface area contributed by atoms with Gasteiger partial charge in [-0.25, -0.2) is 4.79 Å². The summed E-state index contributed by atoms with van der Waals surface area (Å²) in [4.78, 5) is 23.3. The predicted molar refractivity (Wildman–Crippen MR) is 76.7 cm³/mol. The number of aromatic carboxylic acids is 1. The quantitative estimate of drug-likeness (QED) is 0.905. The van der Waals surface area contributed by atoms with E-state index in [4.69, 9.17) is 5.11 Å². The van der Waals surface area contributed by atoms with Gasteiger partial charge in [-0.2, -0.15) is 0 Å². The largest absolute Gasteiger partial charge is 0.872 e. The Labute approximate surface area is 121 Å². The molecule has 0 saturated carbocycles. The summed E-state index contributed by atoms with van der Waals surface area (Å²) in [6.45, 7) is 3.83. The molecule has 0 unspecified atom stereocenters. The minimum atomic E-state index is -1.26. The molecule has 0 aromatic heterocycles. The van der Waals surface area contributed by atoms with Gasteiger partial charge in [0.25, 0.3) is 5.91 Å². The lowest BCUT2D eigenvalue weighted by molar-refractivity contribution is -0.268. The highest BCUT2D eigenvalue weighted by Crippen LogP contribution is 2.21. The van der Waals surface area contributed by atoms with Crippen LogP contribution in [0.3, 0.4) is 0 Å². The average Bonchev–Trinajstić information content (AvgIpc) is 2.43. The lowest BCUT2D eigenvalue weighted by Crippen LogP contribution is -2.15. The topological polar surface area (TPSA) is 89.5 Å². The van der Waals surface area contributed by atoms with Crippen molar-refractivity contribution < 1.29 is 19.8 Å². The second-order valence-corrected chi connectivity index (χ2v) is 4.77. The van der Waals surface area contributed by atoms with Crippen molar-refractivity contribution in [3.63, 3.8) is 0 Å². The molecule has 21 heavy (non-hydrogen) atoms. The Balaban J connectivity index is 2.31. The van der Waals surface area contributed by atoms with Crippen LogP contribution in [0.4, 0.5) is 5.69 Å². The normalized spacial score (nSPS) is 10.2. The van der Waals surface area contributed by atoms with Gasteiger partial charge in [-0.3, -0.25) is 4.79 Å². The van der Waals surface area contributed by atoms with Crippen molar-refractivity contribution in [3.8, 4) is 5.75 Å². The molecule has 108 valence electrons. The molecular formula is C16H14NO4-. The monoisotopic (exact) mass is 284 g/mol. The van der Waals surface area contributed by atoms with Gasteiger partial charge in [0.05, 0.1) is 11.3 Å². The number of aryl methyl sites for hydroxylation is 2. The first-order valence-corrected chi connectivity index (χ1v) is 6.31. The maximum atomic E-state index is 12.2. The van der Waals surface area contributed by atoms with Crippen LogP contribution in [0.1, 0.15) is 31.8 Å². The average molecular weight is 284 g/mol. The molecule has 2 rings (SSSR count). The van der Waals surface area contributed by atoms with E-state index >= 15 is 0 Å². The first-order chi connectivity index (χ1) is 9.88. The zero-order valence-electron chi connectivity index (χ0n) is 11.6. The van der Waals surface area contributed by atoms with E-state index in [2.05, 4.69) is 5.32 Å². The Bertz CT molecular complexity index is 722. The van der Waals surface area contributed by atoms with Gasteiger partial charge >= 0.3 is 5.97 Å². The van der Waals surface area contributed by atoms with E-state index < -0.39 is 17.6 Å². The molecule has 0 aliphatic carbocycles. The van der Waals surface area contributed by atoms with Crippen LogP contribution in [-0.4, -0.2) is 17.0 Å². The molecule has 5 heteroatoms. The number of amides is 1. The smallest absolute Gasteiger partial charge is 0.337 e. The summed E-state index contributed by atoms with van der Waals surface area (Å²) in [5.74, 6) is -2.10. The molecule has 0 bridgehead atoms. The van der Waals surface area contributed by atoms with E-state index in [-0.39, 0.29) is 11.3 Å². The second-order valence-electron chi connectivity index (χ2n) is 4.77. The minimum Gasteiger partial charge on any atom is -0.872 e. The van der Waals surface area contributed by atoms with Gasteiger partial charge in [0.15, 0.2) is 0 Å². The highest BCUT2D eigenvalue weighted by atomic mass is 16.4. The number of hydrogen-bond acceptors (Lipinski definition) is 3. The lowest BCUT2D eigenvalue weighted by atomic mass is 10.1. The Morgan fingerprint density at radius 3 is 2.38 bits per heavy atom. The molecule has 2 aromatic carbocycles. The Kier molecular flexibility index (Phi) is 3.93. The Morgan fingerprint density at radius 2 is 1.76 bits per heavy atom. The van der Waals surface area contributed by atoms with Gasteiger partial charge in [0, 0.05) is 5.56 Å². The third-order valence-electron chi connectivity index (χ3n) is 3.24. The van der Waals surface area contributed by atoms with Crippen LogP contribution in [0, 0.1) is 13.8 Å². The molecule has 0 fully saturated rings. The first kappa shape index (κ1) is 14.6. The van der Waals surface area contributed by atoms with E-state index in [1.807, 2.05) is 19.9 Å². The van der Waals surface area contributed by atoms with Crippen LogP contribution in [0.15, 0.2) is 36.4 Å². The number of anilines is 1. The number of carbonyl (C=O) groups is 2. The zero-order valence-corrected chi connectivity index (χ0v) is 11.6. The zero-order chi connectivity index (χ0) is 15.6. The maximum absolute atomic E-state index is 12.2. The highest BCUT2D eigenvalue weighted by molar-refractivity contribution is 6.08. The molecule has 2 aromatic rings. The third-order valence-corrected chi connectivity index (χ3v) is 3.24. The molecule has 0 spiro atoms. The van der Waals surface area contributed by atoms with Crippen molar-refractivity contribution in [2.75, 3.05) is 5.32 Å². The van der Waals surface area contributed by atoms with Gasteiger partial charge in [0.2, 0.25) is 0 Å². The third kappa shape index (κ3) is 3.20. The Morgan fingerprint density at radius 1 is 1.05 bits per heavy atom. The summed E-state index contributed by atoms with van der Waals surface area (Å²) in [5, 5.41) is 22.8. The summed E-state index contributed by atoms with van der Waals surface area (Å²) in [5.41, 5.74) is 2.34. The van der Waals surface area contributed by atoms with Crippen LogP contribution < -0.4 is 10.4 Å². The standard InChI is InChI=1S/C16H15NO4/c1-9-3-4-11(7-10(9)2)15(19)17-14-6-5-12(18)8-13(14)16(20)21/h3-8,18H,1-2H3,(H,17,19)(H,20,21)/p-1. The fraction of sp³-hybridized carbons (Fsp3) is 0.125. The molecule has 0 heterocycles. The fourth-order valence-electron chi connectivity index (χ4n) is 1.89. The van der Waals surface area contributed by atoms with Crippen LogP contribution >= 0.6 is 0 Å².